The van der Waals surface area contributed by atoms with E-state index in [1.807, 2.05) is 32.0 Å². The molecule has 0 aromatic heterocycles. The van der Waals surface area contributed by atoms with Gasteiger partial charge in [0.2, 0.25) is 0 Å². The van der Waals surface area contributed by atoms with E-state index in [0.717, 1.165) is 21.4 Å². The Morgan fingerprint density at radius 3 is 2.88 bits per heavy atom. The van der Waals surface area contributed by atoms with E-state index in [1.54, 1.807) is 0 Å². The molecule has 4 heteroatoms. The van der Waals surface area contributed by atoms with Crippen LogP contribution in [0.4, 0.5) is 0 Å². The quantitative estimate of drug-likeness (QED) is 0.913. The van der Waals surface area contributed by atoms with Crippen LogP contribution in [0.25, 0.3) is 0 Å². The molecule has 0 aliphatic carbocycles. The van der Waals surface area contributed by atoms with Crippen molar-refractivity contribution >= 4 is 27.5 Å². The van der Waals surface area contributed by atoms with Gasteiger partial charge >= 0.3 is 0 Å². The van der Waals surface area contributed by atoms with Crippen LogP contribution in [-0.2, 0) is 0 Å². The summed E-state index contributed by atoms with van der Waals surface area (Å²) in [6.45, 7) is 4.32. The third-order valence-electron chi connectivity index (χ3n) is 2.11. The molecule has 88 valence electrons. The van der Waals surface area contributed by atoms with Crippen LogP contribution in [0.5, 0.6) is 5.75 Å². The van der Waals surface area contributed by atoms with Gasteiger partial charge in [-0.2, -0.15) is 0 Å². The topological polar surface area (TPSA) is 35.2 Å². The molecule has 0 amide bonds. The first kappa shape index (κ1) is 13.6. The van der Waals surface area contributed by atoms with Crippen molar-refractivity contribution in [3.8, 4) is 5.75 Å². The Hall–Kier alpha value is -0.510. The lowest BCUT2D eigenvalue weighted by Gasteiger charge is -2.14. The molecular formula is C12H15BrClNO. The molecule has 1 aromatic rings. The van der Waals surface area contributed by atoms with Crippen LogP contribution in [0.1, 0.15) is 25.5 Å². The van der Waals surface area contributed by atoms with Gasteiger partial charge in [-0.05, 0) is 31.6 Å². The number of nitrogens with two attached hydrogens (primary N) is 1. The maximum absolute atomic E-state index is 5.87. The lowest BCUT2D eigenvalue weighted by atomic mass is 10.1. The summed E-state index contributed by atoms with van der Waals surface area (Å²) in [7, 11) is 0. The van der Waals surface area contributed by atoms with Crippen molar-refractivity contribution in [3.05, 3.63) is 39.3 Å². The summed E-state index contributed by atoms with van der Waals surface area (Å²) in [4.78, 5) is 0. The molecule has 0 radical (unpaired) electrons. The van der Waals surface area contributed by atoms with E-state index in [1.165, 1.54) is 5.54 Å². The molecule has 0 aliphatic heterocycles. The van der Waals surface area contributed by atoms with Crippen molar-refractivity contribution in [2.45, 2.75) is 19.9 Å². The molecule has 0 aliphatic rings. The number of halogens is 2. The molecule has 1 rings (SSSR count). The molecule has 1 aromatic carbocycles. The zero-order chi connectivity index (χ0) is 12.1. The van der Waals surface area contributed by atoms with Crippen molar-refractivity contribution in [2.24, 2.45) is 5.73 Å². The zero-order valence-corrected chi connectivity index (χ0v) is 11.7. The monoisotopic (exact) mass is 303 g/mol. The van der Waals surface area contributed by atoms with Crippen LogP contribution in [0.2, 0.25) is 0 Å². The van der Waals surface area contributed by atoms with Gasteiger partial charge in [-0.15, -0.1) is 0 Å². The standard InChI is InChI=1S/C12H15BrClNO/c1-8(6-14)7-16-12-5-10(13)3-4-11(12)9(2)15/h3-6,9H,7,15H2,1-2H3/b8-6+/t9-/m1/s1. The number of rotatable bonds is 4. The van der Waals surface area contributed by atoms with E-state index < -0.39 is 0 Å². The maximum atomic E-state index is 5.87. The third-order valence-corrected chi connectivity index (χ3v) is 2.97. The second-order valence-corrected chi connectivity index (χ2v) is 4.85. The van der Waals surface area contributed by atoms with Gasteiger partial charge in [0.25, 0.3) is 0 Å². The predicted molar refractivity (Wildman–Crippen MR) is 71.8 cm³/mol. The van der Waals surface area contributed by atoms with Crippen molar-refractivity contribution < 1.29 is 4.74 Å². The summed E-state index contributed by atoms with van der Waals surface area (Å²) < 4.78 is 6.64. The predicted octanol–water partition coefficient (Wildman–Crippen LogP) is 3.99. The summed E-state index contributed by atoms with van der Waals surface area (Å²) >= 11 is 8.98. The molecule has 0 spiro atoms. The SMILES string of the molecule is C/C(=C\Cl)COc1cc(Br)ccc1[C@@H](C)N. The minimum atomic E-state index is -0.0524. The van der Waals surface area contributed by atoms with Crippen LogP contribution in [0.3, 0.4) is 0 Å². The number of hydrogen-bond acceptors (Lipinski definition) is 2. The molecule has 0 fully saturated rings. The van der Waals surface area contributed by atoms with Gasteiger partial charge in [0, 0.05) is 21.6 Å². The largest absolute Gasteiger partial charge is 0.489 e. The molecule has 2 N–H and O–H groups in total. The molecule has 16 heavy (non-hydrogen) atoms. The Morgan fingerprint density at radius 2 is 2.31 bits per heavy atom. The molecule has 0 unspecified atom stereocenters. The minimum Gasteiger partial charge on any atom is -0.489 e. The Labute approximate surface area is 110 Å². The Morgan fingerprint density at radius 1 is 1.62 bits per heavy atom. The Kier molecular flexibility index (Phi) is 5.32. The van der Waals surface area contributed by atoms with Crippen LogP contribution < -0.4 is 10.5 Å². The lowest BCUT2D eigenvalue weighted by molar-refractivity contribution is 0.346. The molecular weight excluding hydrogens is 289 g/mol. The first-order valence-corrected chi connectivity index (χ1v) is 6.21. The average molecular weight is 305 g/mol. The van der Waals surface area contributed by atoms with Crippen molar-refractivity contribution in [3.63, 3.8) is 0 Å². The van der Waals surface area contributed by atoms with Gasteiger partial charge in [-0.3, -0.25) is 0 Å². The molecule has 0 heterocycles. The van der Waals surface area contributed by atoms with Gasteiger partial charge in [-0.25, -0.2) is 0 Å². The average Bonchev–Trinajstić information content (AvgIpc) is 2.25. The normalized spacial score (nSPS) is 13.7. The van der Waals surface area contributed by atoms with E-state index in [9.17, 15) is 0 Å². The van der Waals surface area contributed by atoms with Crippen LogP contribution in [-0.4, -0.2) is 6.61 Å². The highest BCUT2D eigenvalue weighted by molar-refractivity contribution is 9.10. The van der Waals surface area contributed by atoms with E-state index in [-0.39, 0.29) is 6.04 Å². The van der Waals surface area contributed by atoms with Crippen LogP contribution in [0.15, 0.2) is 33.8 Å². The van der Waals surface area contributed by atoms with Gasteiger partial charge in [0.1, 0.15) is 12.4 Å². The summed E-state index contributed by atoms with van der Waals surface area (Å²) in [6.07, 6.45) is 0. The highest BCUT2D eigenvalue weighted by Gasteiger charge is 2.08. The van der Waals surface area contributed by atoms with E-state index >= 15 is 0 Å². The smallest absolute Gasteiger partial charge is 0.125 e. The fourth-order valence-corrected chi connectivity index (χ4v) is 1.64. The van der Waals surface area contributed by atoms with Gasteiger partial charge in [0.05, 0.1) is 0 Å². The van der Waals surface area contributed by atoms with Crippen molar-refractivity contribution in [1.82, 2.24) is 0 Å². The summed E-state index contributed by atoms with van der Waals surface area (Å²) in [5.41, 5.74) is 9.35. The highest BCUT2D eigenvalue weighted by atomic mass is 79.9. The molecule has 1 atom stereocenters. The summed E-state index contributed by atoms with van der Waals surface area (Å²) in [6, 6.07) is 5.78. The van der Waals surface area contributed by atoms with Crippen LogP contribution in [0, 0.1) is 0 Å². The van der Waals surface area contributed by atoms with Crippen molar-refractivity contribution in [2.75, 3.05) is 6.61 Å². The third kappa shape index (κ3) is 3.81. The summed E-state index contributed by atoms with van der Waals surface area (Å²) in [5.74, 6) is 0.794. The molecule has 0 bridgehead atoms. The summed E-state index contributed by atoms with van der Waals surface area (Å²) in [5, 5.41) is 0. The second-order valence-electron chi connectivity index (χ2n) is 3.71. The maximum Gasteiger partial charge on any atom is 0.125 e. The first-order valence-electron chi connectivity index (χ1n) is 4.98. The Bertz CT molecular complexity index is 391. The molecule has 0 saturated heterocycles. The van der Waals surface area contributed by atoms with Gasteiger partial charge < -0.3 is 10.5 Å². The van der Waals surface area contributed by atoms with Crippen molar-refractivity contribution in [1.29, 1.82) is 0 Å². The number of hydrogen-bond donors (Lipinski definition) is 1. The van der Waals surface area contributed by atoms with E-state index in [2.05, 4.69) is 15.9 Å². The zero-order valence-electron chi connectivity index (χ0n) is 9.34. The molecule has 2 nitrogen and oxygen atoms in total. The fourth-order valence-electron chi connectivity index (χ4n) is 1.23. The Balaban J connectivity index is 2.88. The van der Waals surface area contributed by atoms with Gasteiger partial charge in [-0.1, -0.05) is 33.6 Å². The highest BCUT2D eigenvalue weighted by Crippen LogP contribution is 2.27. The lowest BCUT2D eigenvalue weighted by Crippen LogP contribution is -2.09. The molecule has 0 saturated carbocycles. The van der Waals surface area contributed by atoms with Gasteiger partial charge in [0.15, 0.2) is 0 Å². The first-order chi connectivity index (χ1) is 7.54. The van der Waals surface area contributed by atoms with E-state index in [4.69, 9.17) is 22.1 Å². The fraction of sp³-hybridized carbons (Fsp3) is 0.333. The number of benzene rings is 1. The van der Waals surface area contributed by atoms with E-state index in [0.29, 0.717) is 6.61 Å². The van der Waals surface area contributed by atoms with Crippen LogP contribution >= 0.6 is 27.5 Å². The number of ether oxygens (including phenoxy) is 1. The minimum absolute atomic E-state index is 0.0524. The second kappa shape index (κ2) is 6.28.